The van der Waals surface area contributed by atoms with Gasteiger partial charge in [0, 0.05) is 47.9 Å². The van der Waals surface area contributed by atoms with Gasteiger partial charge in [-0.15, -0.1) is 0 Å². The highest BCUT2D eigenvalue weighted by Crippen LogP contribution is 2.23. The van der Waals surface area contributed by atoms with Crippen LogP contribution in [0.5, 0.6) is 0 Å². The van der Waals surface area contributed by atoms with Gasteiger partial charge in [-0.05, 0) is 6.92 Å². The van der Waals surface area contributed by atoms with Crippen molar-refractivity contribution in [3.05, 3.63) is 18.0 Å². The van der Waals surface area contributed by atoms with Gasteiger partial charge in [-0.3, -0.25) is 4.68 Å². The van der Waals surface area contributed by atoms with Crippen LogP contribution in [-0.4, -0.2) is 44.9 Å². The molecule has 5 nitrogen and oxygen atoms in total. The Morgan fingerprint density at radius 2 is 2.47 bits per heavy atom. The van der Waals surface area contributed by atoms with E-state index < -0.39 is 0 Å². The van der Waals surface area contributed by atoms with Crippen molar-refractivity contribution in [3.63, 3.8) is 0 Å². The van der Waals surface area contributed by atoms with Gasteiger partial charge >= 0.3 is 6.03 Å². The van der Waals surface area contributed by atoms with E-state index >= 15 is 0 Å². The molecule has 0 radical (unpaired) electrons. The zero-order valence-corrected chi connectivity index (χ0v) is 12.9. The molecule has 0 aliphatic carbocycles. The highest BCUT2D eigenvalue weighted by atomic mass is 32.2. The number of hydrogen-bond donors (Lipinski definition) is 2. The lowest BCUT2D eigenvalue weighted by atomic mass is 10.2. The molecule has 0 aromatic carbocycles. The molecule has 2 amide bonds. The Hall–Kier alpha value is -0.820. The summed E-state index contributed by atoms with van der Waals surface area (Å²) in [5.41, 5.74) is 1.01. The van der Waals surface area contributed by atoms with Gasteiger partial charge < -0.3 is 10.6 Å². The van der Waals surface area contributed by atoms with Crippen LogP contribution in [0.1, 0.15) is 18.5 Å². The molecular formula is C12H20N4OS2. The van der Waals surface area contributed by atoms with Gasteiger partial charge in [-0.1, -0.05) is 0 Å². The Bertz CT molecular complexity index is 418. The van der Waals surface area contributed by atoms with Crippen molar-refractivity contribution in [3.8, 4) is 0 Å². The first-order valence-electron chi connectivity index (χ1n) is 6.37. The fourth-order valence-electron chi connectivity index (χ4n) is 1.86. The molecule has 0 unspecified atom stereocenters. The van der Waals surface area contributed by atoms with Crippen molar-refractivity contribution in [2.24, 2.45) is 7.05 Å². The summed E-state index contributed by atoms with van der Waals surface area (Å²) in [6, 6.07) is -0.130. The topological polar surface area (TPSA) is 59.0 Å². The first kappa shape index (κ1) is 14.6. The monoisotopic (exact) mass is 300 g/mol. The fraction of sp³-hybridized carbons (Fsp3) is 0.667. The van der Waals surface area contributed by atoms with E-state index in [1.165, 1.54) is 11.5 Å². The summed E-state index contributed by atoms with van der Waals surface area (Å²) in [6.45, 7) is 2.70. The van der Waals surface area contributed by atoms with Crippen molar-refractivity contribution in [1.82, 2.24) is 20.4 Å². The third-order valence-corrected chi connectivity index (χ3v) is 5.79. The molecule has 1 aliphatic heterocycles. The number of hydrogen-bond acceptors (Lipinski definition) is 4. The molecule has 1 aromatic heterocycles. The molecule has 0 saturated carbocycles. The van der Waals surface area contributed by atoms with Gasteiger partial charge in [0.1, 0.15) is 0 Å². The number of aryl methyl sites for hydroxylation is 1. The molecule has 1 fully saturated rings. The first-order valence-corrected chi connectivity index (χ1v) is 8.58. The van der Waals surface area contributed by atoms with E-state index in [1.54, 1.807) is 10.9 Å². The number of carbonyl (C=O) groups is 1. The Morgan fingerprint density at radius 3 is 3.11 bits per heavy atom. The Kier molecular flexibility index (Phi) is 5.45. The first-order chi connectivity index (χ1) is 9.15. The summed E-state index contributed by atoms with van der Waals surface area (Å²) < 4.78 is 1.74. The number of urea groups is 1. The lowest BCUT2D eigenvalue weighted by Gasteiger charge is -2.21. The van der Waals surface area contributed by atoms with Crippen LogP contribution in [0.25, 0.3) is 0 Å². The molecule has 7 heteroatoms. The molecule has 0 spiro atoms. The number of aromatic nitrogens is 2. The van der Waals surface area contributed by atoms with Gasteiger partial charge in [0.2, 0.25) is 0 Å². The maximum absolute atomic E-state index is 11.8. The van der Waals surface area contributed by atoms with Crippen molar-refractivity contribution in [2.75, 3.05) is 23.8 Å². The second-order valence-corrected chi connectivity index (χ2v) is 7.15. The molecule has 1 aliphatic rings. The van der Waals surface area contributed by atoms with Gasteiger partial charge in [-0.25, -0.2) is 4.79 Å². The average Bonchev–Trinajstić information content (AvgIpc) is 2.84. The van der Waals surface area contributed by atoms with E-state index in [1.807, 2.05) is 43.7 Å². The van der Waals surface area contributed by atoms with E-state index in [-0.39, 0.29) is 12.1 Å². The molecule has 0 bridgehead atoms. The number of amides is 2. The second-order valence-electron chi connectivity index (χ2n) is 4.59. The quantitative estimate of drug-likeness (QED) is 0.887. The zero-order valence-electron chi connectivity index (χ0n) is 11.3. The lowest BCUT2D eigenvalue weighted by molar-refractivity contribution is 0.238. The number of thioether (sulfide) groups is 2. The summed E-state index contributed by atoms with van der Waals surface area (Å²) in [4.78, 5) is 11.8. The highest BCUT2D eigenvalue weighted by Gasteiger charge is 2.16. The largest absolute Gasteiger partial charge is 0.337 e. The molecule has 2 N–H and O–H groups in total. The van der Waals surface area contributed by atoms with Crippen LogP contribution in [-0.2, 0) is 7.05 Å². The van der Waals surface area contributed by atoms with E-state index in [9.17, 15) is 4.79 Å². The van der Waals surface area contributed by atoms with Gasteiger partial charge in [-0.2, -0.15) is 28.6 Å². The lowest BCUT2D eigenvalue weighted by Crippen LogP contribution is -2.41. The number of rotatable bonds is 4. The Labute approximate surface area is 122 Å². The molecule has 2 heterocycles. The molecule has 106 valence electrons. The predicted octanol–water partition coefficient (Wildman–Crippen LogP) is 1.63. The number of nitrogens with one attached hydrogen (secondary N) is 2. The van der Waals surface area contributed by atoms with Gasteiger partial charge in [0.05, 0.1) is 12.2 Å². The van der Waals surface area contributed by atoms with Crippen LogP contribution < -0.4 is 10.6 Å². The summed E-state index contributed by atoms with van der Waals surface area (Å²) in [5, 5.41) is 10.5. The smallest absolute Gasteiger partial charge is 0.315 e. The van der Waals surface area contributed by atoms with Crippen LogP contribution in [0.2, 0.25) is 0 Å². The minimum Gasteiger partial charge on any atom is -0.337 e. The van der Waals surface area contributed by atoms with E-state index in [2.05, 4.69) is 15.7 Å². The maximum atomic E-state index is 11.8. The van der Waals surface area contributed by atoms with Crippen molar-refractivity contribution in [2.45, 2.75) is 18.2 Å². The van der Waals surface area contributed by atoms with Crippen LogP contribution in [0.15, 0.2) is 12.4 Å². The van der Waals surface area contributed by atoms with Crippen molar-refractivity contribution < 1.29 is 4.79 Å². The highest BCUT2D eigenvalue weighted by molar-refractivity contribution is 8.06. The van der Waals surface area contributed by atoms with Crippen molar-refractivity contribution in [1.29, 1.82) is 0 Å². The second kappa shape index (κ2) is 7.09. The molecule has 1 aromatic rings. The minimum atomic E-state index is -0.104. The van der Waals surface area contributed by atoms with E-state index in [4.69, 9.17) is 0 Å². The molecule has 2 atom stereocenters. The standard InChI is InChI=1S/C12H20N4OS2/c1-9(10-5-14-16(2)7-10)15-12(17)13-6-11-8-18-3-4-19-11/h5,7,9,11H,3-4,6,8H2,1-2H3,(H2,13,15,17)/t9-,11-/m1/s1. The van der Waals surface area contributed by atoms with Crippen LogP contribution in [0.3, 0.4) is 0 Å². The predicted molar refractivity (Wildman–Crippen MR) is 81.7 cm³/mol. The van der Waals surface area contributed by atoms with Crippen LogP contribution in [0.4, 0.5) is 4.79 Å². The minimum absolute atomic E-state index is 0.0258. The fourth-order valence-corrected chi connectivity index (χ4v) is 4.47. The molecule has 2 rings (SSSR count). The summed E-state index contributed by atoms with van der Waals surface area (Å²) in [7, 11) is 1.87. The Morgan fingerprint density at radius 1 is 1.63 bits per heavy atom. The molecular weight excluding hydrogens is 280 g/mol. The average molecular weight is 300 g/mol. The Balaban J connectivity index is 1.71. The third kappa shape index (κ3) is 4.65. The normalized spacial score (nSPS) is 20.8. The van der Waals surface area contributed by atoms with Gasteiger partial charge in [0.15, 0.2) is 0 Å². The van der Waals surface area contributed by atoms with Gasteiger partial charge in [0.25, 0.3) is 0 Å². The molecule has 1 saturated heterocycles. The summed E-state index contributed by atoms with van der Waals surface area (Å²) >= 11 is 3.91. The van der Waals surface area contributed by atoms with E-state index in [0.717, 1.165) is 17.9 Å². The summed E-state index contributed by atoms with van der Waals surface area (Å²) in [5.74, 6) is 3.54. The summed E-state index contributed by atoms with van der Waals surface area (Å²) in [6.07, 6.45) is 3.69. The molecule has 19 heavy (non-hydrogen) atoms. The van der Waals surface area contributed by atoms with Crippen LogP contribution >= 0.6 is 23.5 Å². The third-order valence-electron chi connectivity index (χ3n) is 2.95. The van der Waals surface area contributed by atoms with Crippen LogP contribution in [0, 0.1) is 0 Å². The maximum Gasteiger partial charge on any atom is 0.315 e. The zero-order chi connectivity index (χ0) is 13.7. The number of carbonyl (C=O) groups excluding carboxylic acids is 1. The SMILES string of the molecule is C[C@@H](NC(=O)NC[C@@H]1CSCCS1)c1cnn(C)c1. The van der Waals surface area contributed by atoms with E-state index in [0.29, 0.717) is 5.25 Å². The number of nitrogens with zero attached hydrogens (tertiary/aromatic N) is 2. The van der Waals surface area contributed by atoms with Crippen molar-refractivity contribution >= 4 is 29.6 Å².